The highest BCUT2D eigenvalue weighted by Gasteiger charge is 2.21. The molecular formula is C23H32N2O4S. The van der Waals surface area contributed by atoms with Crippen LogP contribution in [0.3, 0.4) is 0 Å². The molecule has 0 aliphatic heterocycles. The fourth-order valence-corrected chi connectivity index (χ4v) is 3.97. The molecule has 30 heavy (non-hydrogen) atoms. The van der Waals surface area contributed by atoms with Gasteiger partial charge in [-0.25, -0.2) is 8.42 Å². The Kier molecular flexibility index (Phi) is 8.72. The Bertz CT molecular complexity index is 897. The van der Waals surface area contributed by atoms with Gasteiger partial charge in [-0.05, 0) is 56.0 Å². The van der Waals surface area contributed by atoms with E-state index in [4.69, 9.17) is 4.74 Å². The van der Waals surface area contributed by atoms with E-state index in [9.17, 15) is 13.2 Å². The summed E-state index contributed by atoms with van der Waals surface area (Å²) in [4.78, 5) is 12.5. The van der Waals surface area contributed by atoms with Gasteiger partial charge in [-0.3, -0.25) is 9.10 Å². The van der Waals surface area contributed by atoms with Crippen molar-refractivity contribution in [1.82, 2.24) is 5.32 Å². The van der Waals surface area contributed by atoms with Crippen LogP contribution in [0.2, 0.25) is 0 Å². The van der Waals surface area contributed by atoms with E-state index in [0.717, 1.165) is 23.4 Å². The van der Waals surface area contributed by atoms with Gasteiger partial charge in [-0.1, -0.05) is 43.7 Å². The highest BCUT2D eigenvalue weighted by atomic mass is 32.2. The summed E-state index contributed by atoms with van der Waals surface area (Å²) >= 11 is 0. The fraction of sp³-hybridized carbons (Fsp3) is 0.435. The van der Waals surface area contributed by atoms with Crippen molar-refractivity contribution in [3.63, 3.8) is 0 Å². The van der Waals surface area contributed by atoms with E-state index in [1.54, 1.807) is 24.3 Å². The SMILES string of the molecule is CCC(CNC(=O)CN(c1ccc(OC(C)C)cc1)S(C)(=O)=O)Cc1ccccc1. The van der Waals surface area contributed by atoms with Crippen molar-refractivity contribution in [2.24, 2.45) is 5.92 Å². The number of carbonyl (C=O) groups excluding carboxylic acids is 1. The molecule has 0 bridgehead atoms. The molecule has 2 rings (SSSR count). The lowest BCUT2D eigenvalue weighted by atomic mass is 9.97. The number of ether oxygens (including phenoxy) is 1. The Morgan fingerprint density at radius 3 is 2.23 bits per heavy atom. The van der Waals surface area contributed by atoms with Gasteiger partial charge in [-0.15, -0.1) is 0 Å². The topological polar surface area (TPSA) is 75.7 Å². The van der Waals surface area contributed by atoms with Crippen LogP contribution in [0.1, 0.15) is 32.8 Å². The lowest BCUT2D eigenvalue weighted by Gasteiger charge is -2.23. The summed E-state index contributed by atoms with van der Waals surface area (Å²) in [5, 5.41) is 2.89. The molecule has 1 N–H and O–H groups in total. The predicted molar refractivity (Wildman–Crippen MR) is 121 cm³/mol. The molecular weight excluding hydrogens is 400 g/mol. The van der Waals surface area contributed by atoms with E-state index in [1.165, 1.54) is 5.56 Å². The van der Waals surface area contributed by atoms with Gasteiger partial charge in [0.2, 0.25) is 15.9 Å². The molecule has 0 fully saturated rings. The number of carbonyl (C=O) groups is 1. The summed E-state index contributed by atoms with van der Waals surface area (Å²) in [7, 11) is -3.61. The van der Waals surface area contributed by atoms with Crippen LogP contribution in [0, 0.1) is 5.92 Å². The molecule has 0 saturated heterocycles. The zero-order valence-electron chi connectivity index (χ0n) is 18.2. The number of nitrogens with one attached hydrogen (secondary N) is 1. The largest absolute Gasteiger partial charge is 0.491 e. The molecule has 2 aromatic rings. The number of benzene rings is 2. The molecule has 0 saturated carbocycles. The van der Waals surface area contributed by atoms with Crippen LogP contribution in [0.4, 0.5) is 5.69 Å². The summed E-state index contributed by atoms with van der Waals surface area (Å²) in [5.74, 6) is 0.614. The average molecular weight is 433 g/mol. The monoisotopic (exact) mass is 432 g/mol. The number of amides is 1. The van der Waals surface area contributed by atoms with Crippen LogP contribution >= 0.6 is 0 Å². The highest BCUT2D eigenvalue weighted by Crippen LogP contribution is 2.22. The van der Waals surface area contributed by atoms with Crippen molar-refractivity contribution in [3.05, 3.63) is 60.2 Å². The number of hydrogen-bond donors (Lipinski definition) is 1. The Morgan fingerprint density at radius 2 is 1.70 bits per heavy atom. The quantitative estimate of drug-likeness (QED) is 0.588. The zero-order valence-corrected chi connectivity index (χ0v) is 19.0. The molecule has 0 aliphatic rings. The number of rotatable bonds is 11. The van der Waals surface area contributed by atoms with Gasteiger partial charge in [0.15, 0.2) is 0 Å². The van der Waals surface area contributed by atoms with Gasteiger partial charge in [-0.2, -0.15) is 0 Å². The Morgan fingerprint density at radius 1 is 1.07 bits per heavy atom. The third kappa shape index (κ3) is 7.71. The smallest absolute Gasteiger partial charge is 0.240 e. The van der Waals surface area contributed by atoms with Crippen LogP contribution in [0.5, 0.6) is 5.75 Å². The Hall–Kier alpha value is -2.54. The van der Waals surface area contributed by atoms with Gasteiger partial charge in [0, 0.05) is 6.54 Å². The van der Waals surface area contributed by atoms with Crippen molar-refractivity contribution >= 4 is 21.6 Å². The van der Waals surface area contributed by atoms with Gasteiger partial charge in [0.05, 0.1) is 18.0 Å². The van der Waals surface area contributed by atoms with Crippen molar-refractivity contribution in [2.75, 3.05) is 23.7 Å². The number of anilines is 1. The summed E-state index contributed by atoms with van der Waals surface area (Å²) in [6.07, 6.45) is 2.91. The third-order valence-electron chi connectivity index (χ3n) is 4.72. The first-order chi connectivity index (χ1) is 14.2. The summed E-state index contributed by atoms with van der Waals surface area (Å²) in [5.41, 5.74) is 1.65. The summed E-state index contributed by atoms with van der Waals surface area (Å²) in [6, 6.07) is 16.8. The Balaban J connectivity index is 1.99. The number of hydrogen-bond acceptors (Lipinski definition) is 4. The minimum atomic E-state index is -3.61. The first-order valence-corrected chi connectivity index (χ1v) is 12.1. The molecule has 1 unspecified atom stereocenters. The molecule has 0 aromatic heterocycles. The molecule has 6 nitrogen and oxygen atoms in total. The maximum absolute atomic E-state index is 12.5. The van der Waals surface area contributed by atoms with Crippen molar-refractivity contribution in [1.29, 1.82) is 0 Å². The van der Waals surface area contributed by atoms with Crippen molar-refractivity contribution in [2.45, 2.75) is 39.7 Å². The first-order valence-electron chi connectivity index (χ1n) is 10.2. The van der Waals surface area contributed by atoms with Gasteiger partial charge in [0.25, 0.3) is 0 Å². The van der Waals surface area contributed by atoms with E-state index in [0.29, 0.717) is 18.0 Å². The molecule has 2 aromatic carbocycles. The molecule has 1 amide bonds. The second-order valence-electron chi connectivity index (χ2n) is 7.70. The summed E-state index contributed by atoms with van der Waals surface area (Å²) < 4.78 is 31.3. The van der Waals surface area contributed by atoms with E-state index in [1.807, 2.05) is 32.0 Å². The standard InChI is InChI=1S/C23H32N2O4S/c1-5-19(15-20-9-7-6-8-10-20)16-24-23(26)17-25(30(4,27)28)21-11-13-22(14-12-21)29-18(2)3/h6-14,18-19H,5,15-17H2,1-4H3,(H,24,26). The molecule has 7 heteroatoms. The van der Waals surface area contributed by atoms with Crippen LogP contribution in [0.15, 0.2) is 54.6 Å². The van der Waals surface area contributed by atoms with Crippen LogP contribution < -0.4 is 14.4 Å². The normalized spacial score (nSPS) is 12.4. The van der Waals surface area contributed by atoms with Gasteiger partial charge < -0.3 is 10.1 Å². The predicted octanol–water partition coefficient (Wildman–Crippen LogP) is 3.62. The van der Waals surface area contributed by atoms with Gasteiger partial charge >= 0.3 is 0 Å². The van der Waals surface area contributed by atoms with Crippen molar-refractivity contribution in [3.8, 4) is 5.75 Å². The molecule has 0 aliphatic carbocycles. The fourth-order valence-electron chi connectivity index (χ4n) is 3.12. The zero-order chi connectivity index (χ0) is 22.1. The first kappa shape index (κ1) is 23.7. The van der Waals surface area contributed by atoms with E-state index in [2.05, 4.69) is 24.4 Å². The number of sulfonamides is 1. The lowest BCUT2D eigenvalue weighted by molar-refractivity contribution is -0.119. The minimum absolute atomic E-state index is 0.0232. The number of nitrogens with zero attached hydrogens (tertiary/aromatic N) is 1. The van der Waals surface area contributed by atoms with Gasteiger partial charge in [0.1, 0.15) is 12.3 Å². The second-order valence-corrected chi connectivity index (χ2v) is 9.61. The third-order valence-corrected chi connectivity index (χ3v) is 5.86. The molecule has 0 spiro atoms. The lowest BCUT2D eigenvalue weighted by Crippen LogP contribution is -2.41. The molecule has 1 atom stereocenters. The highest BCUT2D eigenvalue weighted by molar-refractivity contribution is 7.92. The maximum Gasteiger partial charge on any atom is 0.240 e. The second kappa shape index (κ2) is 11.0. The molecule has 0 heterocycles. The van der Waals surface area contributed by atoms with E-state index >= 15 is 0 Å². The Labute approximate surface area is 180 Å². The molecule has 164 valence electrons. The minimum Gasteiger partial charge on any atom is -0.491 e. The molecule has 0 radical (unpaired) electrons. The average Bonchev–Trinajstić information content (AvgIpc) is 2.69. The summed E-state index contributed by atoms with van der Waals surface area (Å²) in [6.45, 7) is 6.17. The van der Waals surface area contributed by atoms with E-state index in [-0.39, 0.29) is 24.5 Å². The van der Waals surface area contributed by atoms with Crippen LogP contribution in [-0.4, -0.2) is 39.8 Å². The maximum atomic E-state index is 12.5. The van der Waals surface area contributed by atoms with Crippen LogP contribution in [0.25, 0.3) is 0 Å². The van der Waals surface area contributed by atoms with E-state index < -0.39 is 10.0 Å². The van der Waals surface area contributed by atoms with Crippen molar-refractivity contribution < 1.29 is 17.9 Å². The van der Waals surface area contributed by atoms with Crippen LogP contribution in [-0.2, 0) is 21.2 Å².